The Bertz CT molecular complexity index is 930. The number of benzene rings is 3. The molecule has 2 nitrogen and oxygen atoms in total. The van der Waals surface area contributed by atoms with Crippen molar-refractivity contribution in [2.45, 2.75) is 12.3 Å². The highest BCUT2D eigenvalue weighted by molar-refractivity contribution is 5.65. The van der Waals surface area contributed by atoms with Crippen LogP contribution in [0.2, 0.25) is 0 Å². The van der Waals surface area contributed by atoms with E-state index in [0.717, 1.165) is 28.2 Å². The van der Waals surface area contributed by atoms with Crippen LogP contribution in [0.15, 0.2) is 78.9 Å². The molecule has 0 aliphatic rings. The maximum absolute atomic E-state index is 14.7. The first-order valence-corrected chi connectivity index (χ1v) is 8.95. The molecule has 0 aromatic heterocycles. The van der Waals surface area contributed by atoms with E-state index in [2.05, 4.69) is 0 Å². The van der Waals surface area contributed by atoms with E-state index in [9.17, 15) is 8.78 Å². The van der Waals surface area contributed by atoms with Crippen LogP contribution < -0.4 is 9.47 Å². The zero-order valence-corrected chi connectivity index (χ0v) is 15.9. The molecule has 0 bridgehead atoms. The Morgan fingerprint density at radius 2 is 1.39 bits per heavy atom. The summed E-state index contributed by atoms with van der Waals surface area (Å²) >= 11 is 0. The van der Waals surface area contributed by atoms with Crippen LogP contribution in [0.25, 0.3) is 17.2 Å². The Kier molecular flexibility index (Phi) is 6.09. The van der Waals surface area contributed by atoms with Crippen molar-refractivity contribution in [2.24, 2.45) is 0 Å². The summed E-state index contributed by atoms with van der Waals surface area (Å²) in [6.07, 6.45) is 2.83. The first kappa shape index (κ1) is 19.6. The topological polar surface area (TPSA) is 18.5 Å². The van der Waals surface area contributed by atoms with Crippen LogP contribution in [0.3, 0.4) is 0 Å². The average molecular weight is 380 g/mol. The Morgan fingerprint density at radius 3 is 2.00 bits per heavy atom. The molecule has 0 saturated carbocycles. The van der Waals surface area contributed by atoms with Gasteiger partial charge in [-0.3, -0.25) is 0 Å². The molecule has 0 fully saturated rings. The maximum Gasteiger partial charge on any atom is 0.276 e. The van der Waals surface area contributed by atoms with Gasteiger partial charge in [0.25, 0.3) is 5.92 Å². The van der Waals surface area contributed by atoms with Crippen molar-refractivity contribution in [1.29, 1.82) is 0 Å². The van der Waals surface area contributed by atoms with E-state index in [0.29, 0.717) is 0 Å². The molecule has 144 valence electrons. The summed E-state index contributed by atoms with van der Waals surface area (Å²) in [6, 6.07) is 21.1. The highest BCUT2D eigenvalue weighted by Gasteiger charge is 2.30. The molecule has 0 N–H and O–H groups in total. The van der Waals surface area contributed by atoms with Crippen molar-refractivity contribution in [1.82, 2.24) is 0 Å². The molecule has 0 atom stereocenters. The molecule has 3 aromatic rings. The molecular formula is C24H22F2O2. The minimum absolute atomic E-state index is 0.000184. The fourth-order valence-electron chi connectivity index (χ4n) is 2.89. The predicted octanol–water partition coefficient (Wildman–Crippen LogP) is 6.57. The number of alkyl halides is 2. The van der Waals surface area contributed by atoms with Gasteiger partial charge in [-0.15, -0.1) is 0 Å². The highest BCUT2D eigenvalue weighted by atomic mass is 19.3. The van der Waals surface area contributed by atoms with Crippen molar-refractivity contribution >= 4 is 6.08 Å². The van der Waals surface area contributed by atoms with Gasteiger partial charge in [0.2, 0.25) is 0 Å². The Hall–Kier alpha value is -3.14. The first-order chi connectivity index (χ1) is 13.5. The molecule has 0 heterocycles. The second-order valence-electron chi connectivity index (χ2n) is 6.39. The molecule has 28 heavy (non-hydrogen) atoms. The summed E-state index contributed by atoms with van der Waals surface area (Å²) in [5.41, 5.74) is 2.47. The van der Waals surface area contributed by atoms with Gasteiger partial charge < -0.3 is 9.47 Å². The molecule has 0 amide bonds. The van der Waals surface area contributed by atoms with Gasteiger partial charge >= 0.3 is 0 Å². The van der Waals surface area contributed by atoms with Gasteiger partial charge in [0.15, 0.2) is 0 Å². The van der Waals surface area contributed by atoms with Gasteiger partial charge in [-0.05, 0) is 47.0 Å². The fourth-order valence-corrected chi connectivity index (χ4v) is 2.89. The third-order valence-corrected chi connectivity index (χ3v) is 4.51. The van der Waals surface area contributed by atoms with Crippen LogP contribution in [0, 0.1) is 0 Å². The van der Waals surface area contributed by atoms with E-state index in [1.165, 1.54) is 12.1 Å². The summed E-state index contributed by atoms with van der Waals surface area (Å²) in [6.45, 7) is 0. The van der Waals surface area contributed by atoms with E-state index < -0.39 is 5.92 Å². The van der Waals surface area contributed by atoms with Crippen molar-refractivity contribution in [3.05, 3.63) is 90.0 Å². The van der Waals surface area contributed by atoms with E-state index >= 15 is 0 Å². The number of rotatable bonds is 7. The molecule has 0 unspecified atom stereocenters. The lowest BCUT2D eigenvalue weighted by molar-refractivity contribution is -0.000713. The fraction of sp³-hybridized carbons (Fsp3) is 0.167. The van der Waals surface area contributed by atoms with Gasteiger partial charge in [0.05, 0.1) is 14.2 Å². The van der Waals surface area contributed by atoms with E-state index in [-0.39, 0.29) is 12.0 Å². The highest BCUT2D eigenvalue weighted by Crippen LogP contribution is 2.35. The molecule has 0 radical (unpaired) electrons. The molecule has 3 rings (SSSR count). The summed E-state index contributed by atoms with van der Waals surface area (Å²) < 4.78 is 39.6. The number of halogens is 2. The normalized spacial score (nSPS) is 11.6. The van der Waals surface area contributed by atoms with Crippen molar-refractivity contribution < 1.29 is 18.3 Å². The molecule has 0 saturated heterocycles. The minimum atomic E-state index is -2.95. The lowest BCUT2D eigenvalue weighted by Gasteiger charge is -2.16. The van der Waals surface area contributed by atoms with Crippen molar-refractivity contribution in [2.75, 3.05) is 14.2 Å². The Balaban J connectivity index is 1.74. The number of allylic oxidation sites excluding steroid dienone is 1. The summed E-state index contributed by atoms with van der Waals surface area (Å²) in [7, 11) is 3.18. The zero-order valence-electron chi connectivity index (χ0n) is 15.9. The minimum Gasteiger partial charge on any atom is -0.497 e. The molecule has 0 aliphatic carbocycles. The Labute approximate surface area is 164 Å². The van der Waals surface area contributed by atoms with E-state index in [4.69, 9.17) is 9.47 Å². The second kappa shape index (κ2) is 8.70. The van der Waals surface area contributed by atoms with Gasteiger partial charge in [-0.25, -0.2) is 8.78 Å². The number of hydrogen-bond donors (Lipinski definition) is 0. The smallest absolute Gasteiger partial charge is 0.276 e. The van der Waals surface area contributed by atoms with Crippen molar-refractivity contribution in [3.63, 3.8) is 0 Å². The van der Waals surface area contributed by atoms with E-state index in [1.54, 1.807) is 44.6 Å². The molecule has 0 aliphatic heterocycles. The number of hydrogen-bond acceptors (Lipinski definition) is 2. The molecular weight excluding hydrogens is 358 g/mol. The van der Waals surface area contributed by atoms with E-state index in [1.807, 2.05) is 42.5 Å². The second-order valence-corrected chi connectivity index (χ2v) is 6.39. The summed E-state index contributed by atoms with van der Waals surface area (Å²) in [5, 5.41) is 0. The standard InChI is InChI=1S/C24H22F2O2/c1-27-22-12-8-18(9-13-22)5-4-16-24(25,26)21-7-3-6-20(17-21)19-10-14-23(28-2)15-11-19/h3-15,17H,16H2,1-2H3/b5-4+. The van der Waals surface area contributed by atoms with Crippen LogP contribution in [0.5, 0.6) is 11.5 Å². The van der Waals surface area contributed by atoms with Crippen molar-refractivity contribution in [3.8, 4) is 22.6 Å². The molecule has 0 spiro atoms. The lowest BCUT2D eigenvalue weighted by Crippen LogP contribution is -2.11. The summed E-state index contributed by atoms with van der Waals surface area (Å²) in [4.78, 5) is 0. The van der Waals surface area contributed by atoms with Gasteiger partial charge in [0, 0.05) is 12.0 Å². The van der Waals surface area contributed by atoms with Gasteiger partial charge in [-0.2, -0.15) is 0 Å². The largest absolute Gasteiger partial charge is 0.497 e. The zero-order chi connectivity index (χ0) is 20.0. The predicted molar refractivity (Wildman–Crippen MR) is 109 cm³/mol. The third kappa shape index (κ3) is 4.77. The molecule has 3 aromatic carbocycles. The lowest BCUT2D eigenvalue weighted by atomic mass is 9.98. The monoisotopic (exact) mass is 380 g/mol. The maximum atomic E-state index is 14.7. The van der Waals surface area contributed by atoms with Gasteiger partial charge in [0.1, 0.15) is 11.5 Å². The first-order valence-electron chi connectivity index (χ1n) is 8.95. The van der Waals surface area contributed by atoms with Crippen LogP contribution >= 0.6 is 0 Å². The van der Waals surface area contributed by atoms with Crippen LogP contribution in [-0.4, -0.2) is 14.2 Å². The average Bonchev–Trinajstić information content (AvgIpc) is 2.74. The number of ether oxygens (including phenoxy) is 2. The van der Waals surface area contributed by atoms with Crippen LogP contribution in [-0.2, 0) is 5.92 Å². The number of methoxy groups -OCH3 is 2. The molecule has 4 heteroatoms. The summed E-state index contributed by atoms with van der Waals surface area (Å²) in [5.74, 6) is -1.49. The van der Waals surface area contributed by atoms with Gasteiger partial charge in [-0.1, -0.05) is 54.6 Å². The SMILES string of the molecule is COc1ccc(/C=C/CC(F)(F)c2cccc(-c3ccc(OC)cc3)c2)cc1. The quantitative estimate of drug-likeness (QED) is 0.462. The third-order valence-electron chi connectivity index (χ3n) is 4.51. The Morgan fingerprint density at radius 1 is 0.786 bits per heavy atom. The van der Waals surface area contributed by atoms with Crippen LogP contribution in [0.4, 0.5) is 8.78 Å². The van der Waals surface area contributed by atoms with Crippen LogP contribution in [0.1, 0.15) is 17.5 Å².